The Balaban J connectivity index is 1.36. The summed E-state index contributed by atoms with van der Waals surface area (Å²) in [5.41, 5.74) is 0. The number of hydrogen-bond donors (Lipinski definition) is 0. The number of amides is 1. The van der Waals surface area contributed by atoms with Crippen molar-refractivity contribution in [3.05, 3.63) is 23.4 Å². The van der Waals surface area contributed by atoms with Gasteiger partial charge in [0.1, 0.15) is 0 Å². The molecule has 0 aromatic carbocycles. The molecule has 2 aromatic rings. The topological polar surface area (TPSA) is 101 Å². The molecule has 9 nitrogen and oxygen atoms in total. The van der Waals surface area contributed by atoms with Crippen molar-refractivity contribution in [2.75, 3.05) is 13.1 Å². The molecular weight excluding hydrogens is 324 g/mol. The first-order valence-corrected chi connectivity index (χ1v) is 8.69. The molecule has 1 amide bonds. The fourth-order valence-electron chi connectivity index (χ4n) is 3.30. The summed E-state index contributed by atoms with van der Waals surface area (Å²) in [7, 11) is 0. The quantitative estimate of drug-likeness (QED) is 0.770. The van der Waals surface area contributed by atoms with Crippen LogP contribution in [0.2, 0.25) is 0 Å². The Kier molecular flexibility index (Phi) is 4.24. The number of carbonyl (C=O) groups excluding carboxylic acids is 1. The molecular formula is C16H22N6O3. The second kappa shape index (κ2) is 6.55. The Morgan fingerprint density at radius 2 is 2.08 bits per heavy atom. The summed E-state index contributed by atoms with van der Waals surface area (Å²) in [4.78, 5) is 24.8. The maximum absolute atomic E-state index is 12.1. The Morgan fingerprint density at radius 3 is 2.76 bits per heavy atom. The van der Waals surface area contributed by atoms with Crippen molar-refractivity contribution in [1.29, 1.82) is 0 Å². The van der Waals surface area contributed by atoms with Gasteiger partial charge < -0.3 is 13.9 Å². The van der Waals surface area contributed by atoms with E-state index in [1.165, 1.54) is 0 Å². The van der Waals surface area contributed by atoms with Crippen LogP contribution in [0.5, 0.6) is 0 Å². The van der Waals surface area contributed by atoms with Gasteiger partial charge in [-0.3, -0.25) is 9.69 Å². The molecule has 1 atom stereocenters. The second-order valence-corrected chi connectivity index (χ2v) is 6.87. The average molecular weight is 346 g/mol. The summed E-state index contributed by atoms with van der Waals surface area (Å²) in [6.45, 7) is 5.99. The molecule has 1 aliphatic heterocycles. The van der Waals surface area contributed by atoms with Crippen LogP contribution in [0.25, 0.3) is 0 Å². The molecule has 2 fully saturated rings. The van der Waals surface area contributed by atoms with Gasteiger partial charge in [-0.1, -0.05) is 10.3 Å². The van der Waals surface area contributed by atoms with Crippen molar-refractivity contribution in [2.24, 2.45) is 0 Å². The largest absolute Gasteiger partial charge is 0.340 e. The molecule has 1 saturated carbocycles. The van der Waals surface area contributed by atoms with E-state index in [1.54, 1.807) is 13.8 Å². The van der Waals surface area contributed by atoms with Crippen molar-refractivity contribution >= 4 is 5.91 Å². The van der Waals surface area contributed by atoms with Crippen LogP contribution in [-0.4, -0.2) is 55.1 Å². The smallest absolute Gasteiger partial charge is 0.240 e. The predicted octanol–water partition coefficient (Wildman–Crippen LogP) is 1.26. The lowest BCUT2D eigenvalue weighted by Gasteiger charge is -2.26. The van der Waals surface area contributed by atoms with Crippen molar-refractivity contribution in [3.8, 4) is 0 Å². The van der Waals surface area contributed by atoms with Crippen LogP contribution >= 0.6 is 0 Å². The Morgan fingerprint density at radius 1 is 1.24 bits per heavy atom. The fourth-order valence-corrected chi connectivity index (χ4v) is 3.30. The standard InChI is InChI=1S/C16H22N6O3/c1-10-17-14(19-24-10)8-22(11(2)23)13-5-6-21(7-13)9-15-18-16(20-25-15)12-3-4-12/h12-13H,3-9H2,1-2H3/t13-/m0/s1. The lowest BCUT2D eigenvalue weighted by atomic mass is 10.2. The van der Waals surface area contributed by atoms with Gasteiger partial charge >= 0.3 is 0 Å². The van der Waals surface area contributed by atoms with E-state index < -0.39 is 0 Å². The molecule has 25 heavy (non-hydrogen) atoms. The minimum atomic E-state index is 0.0168. The minimum Gasteiger partial charge on any atom is -0.340 e. The lowest BCUT2D eigenvalue weighted by molar-refractivity contribution is -0.131. The van der Waals surface area contributed by atoms with Gasteiger partial charge in [0.05, 0.1) is 13.1 Å². The third-order valence-electron chi connectivity index (χ3n) is 4.76. The molecule has 0 radical (unpaired) electrons. The molecule has 9 heteroatoms. The highest BCUT2D eigenvalue weighted by Gasteiger charge is 2.32. The minimum absolute atomic E-state index is 0.0168. The first kappa shape index (κ1) is 16.2. The number of rotatable bonds is 6. The second-order valence-electron chi connectivity index (χ2n) is 6.87. The first-order chi connectivity index (χ1) is 12.1. The summed E-state index contributed by atoms with van der Waals surface area (Å²) in [6, 6.07) is 0.127. The molecule has 2 aliphatic rings. The van der Waals surface area contributed by atoms with Crippen molar-refractivity contribution < 1.29 is 13.8 Å². The van der Waals surface area contributed by atoms with Crippen LogP contribution in [0.4, 0.5) is 0 Å². The number of likely N-dealkylation sites (tertiary alicyclic amines) is 1. The Hall–Kier alpha value is -2.29. The number of aryl methyl sites for hydroxylation is 1. The van der Waals surface area contributed by atoms with Crippen LogP contribution in [0.3, 0.4) is 0 Å². The average Bonchev–Trinajstić information content (AvgIpc) is 2.95. The molecule has 2 aromatic heterocycles. The molecule has 1 saturated heterocycles. The van der Waals surface area contributed by atoms with E-state index in [-0.39, 0.29) is 11.9 Å². The Bertz CT molecular complexity index is 753. The molecule has 4 rings (SSSR count). The van der Waals surface area contributed by atoms with Gasteiger partial charge in [0.25, 0.3) is 0 Å². The molecule has 0 spiro atoms. The zero-order valence-corrected chi connectivity index (χ0v) is 14.5. The molecule has 134 valence electrons. The summed E-state index contributed by atoms with van der Waals surface area (Å²) in [5.74, 6) is 3.06. The first-order valence-electron chi connectivity index (χ1n) is 8.69. The third-order valence-corrected chi connectivity index (χ3v) is 4.76. The van der Waals surface area contributed by atoms with E-state index in [0.717, 1.165) is 38.2 Å². The van der Waals surface area contributed by atoms with E-state index in [0.29, 0.717) is 36.6 Å². The zero-order valence-electron chi connectivity index (χ0n) is 14.5. The van der Waals surface area contributed by atoms with E-state index in [1.807, 2.05) is 4.90 Å². The van der Waals surface area contributed by atoms with E-state index in [2.05, 4.69) is 25.2 Å². The maximum atomic E-state index is 12.1. The van der Waals surface area contributed by atoms with Gasteiger partial charge in [0.2, 0.25) is 17.7 Å². The molecule has 1 aliphatic carbocycles. The number of carbonyl (C=O) groups is 1. The van der Waals surface area contributed by atoms with E-state index >= 15 is 0 Å². The fraction of sp³-hybridized carbons (Fsp3) is 0.688. The van der Waals surface area contributed by atoms with Gasteiger partial charge in [0.15, 0.2) is 11.6 Å². The molecule has 0 bridgehead atoms. The highest BCUT2D eigenvalue weighted by Crippen LogP contribution is 2.38. The summed E-state index contributed by atoms with van der Waals surface area (Å²) < 4.78 is 10.4. The maximum Gasteiger partial charge on any atom is 0.240 e. The van der Waals surface area contributed by atoms with Crippen molar-refractivity contribution in [3.63, 3.8) is 0 Å². The van der Waals surface area contributed by atoms with Gasteiger partial charge in [-0.25, -0.2) is 0 Å². The SMILES string of the molecule is CC(=O)N(Cc1noc(C)n1)[C@H]1CCN(Cc2nc(C3CC3)no2)C1. The van der Waals surface area contributed by atoms with Gasteiger partial charge in [0, 0.05) is 38.9 Å². The summed E-state index contributed by atoms with van der Waals surface area (Å²) in [6.07, 6.45) is 3.22. The summed E-state index contributed by atoms with van der Waals surface area (Å²) in [5, 5.41) is 7.95. The van der Waals surface area contributed by atoms with Crippen molar-refractivity contribution in [2.45, 2.75) is 58.2 Å². The van der Waals surface area contributed by atoms with Gasteiger partial charge in [-0.05, 0) is 19.3 Å². The van der Waals surface area contributed by atoms with Crippen LogP contribution in [0.1, 0.15) is 55.5 Å². The van der Waals surface area contributed by atoms with Gasteiger partial charge in [-0.2, -0.15) is 9.97 Å². The van der Waals surface area contributed by atoms with Crippen LogP contribution < -0.4 is 0 Å². The molecule has 3 heterocycles. The van der Waals surface area contributed by atoms with Crippen LogP contribution in [-0.2, 0) is 17.9 Å². The monoisotopic (exact) mass is 346 g/mol. The zero-order chi connectivity index (χ0) is 17.4. The number of hydrogen-bond acceptors (Lipinski definition) is 8. The molecule has 0 N–H and O–H groups in total. The normalized spacial score (nSPS) is 21.0. The third kappa shape index (κ3) is 3.71. The van der Waals surface area contributed by atoms with Crippen LogP contribution in [0.15, 0.2) is 9.05 Å². The van der Waals surface area contributed by atoms with E-state index in [9.17, 15) is 4.79 Å². The van der Waals surface area contributed by atoms with E-state index in [4.69, 9.17) is 9.05 Å². The highest BCUT2D eigenvalue weighted by molar-refractivity contribution is 5.73. The number of nitrogens with zero attached hydrogens (tertiary/aromatic N) is 6. The number of aromatic nitrogens is 4. The lowest BCUT2D eigenvalue weighted by Crippen LogP contribution is -2.40. The summed E-state index contributed by atoms with van der Waals surface area (Å²) >= 11 is 0. The van der Waals surface area contributed by atoms with Crippen molar-refractivity contribution in [1.82, 2.24) is 30.1 Å². The predicted molar refractivity (Wildman–Crippen MR) is 85.2 cm³/mol. The Labute approximate surface area is 145 Å². The van der Waals surface area contributed by atoms with Gasteiger partial charge in [-0.15, -0.1) is 0 Å². The van der Waals surface area contributed by atoms with Crippen LogP contribution in [0, 0.1) is 6.92 Å². The highest BCUT2D eigenvalue weighted by atomic mass is 16.5. The molecule has 0 unspecified atom stereocenters.